The number of rotatable bonds is 4. The number of aryl methyl sites for hydroxylation is 1. The molecule has 0 spiro atoms. The Morgan fingerprint density at radius 1 is 1.25 bits per heavy atom. The first-order valence-corrected chi connectivity index (χ1v) is 7.43. The lowest BCUT2D eigenvalue weighted by Crippen LogP contribution is -2.27. The van der Waals surface area contributed by atoms with Gasteiger partial charge in [0, 0.05) is 36.6 Å². The minimum atomic E-state index is 0.509. The van der Waals surface area contributed by atoms with Gasteiger partial charge < -0.3 is 5.32 Å². The molecule has 20 heavy (non-hydrogen) atoms. The van der Waals surface area contributed by atoms with Crippen molar-refractivity contribution < 1.29 is 0 Å². The SMILES string of the molecule is CCCn1cc(-c2nccnc2C2CCNCC2)cn1. The van der Waals surface area contributed by atoms with Gasteiger partial charge in [0.25, 0.3) is 0 Å². The standard InChI is InChI=1S/C15H21N5/c1-2-9-20-11-13(10-19-20)15-14(17-7-8-18-15)12-3-5-16-6-4-12/h7-8,10-12,16H,2-6,9H2,1H3. The van der Waals surface area contributed by atoms with E-state index in [0.29, 0.717) is 5.92 Å². The highest BCUT2D eigenvalue weighted by atomic mass is 15.3. The van der Waals surface area contributed by atoms with E-state index in [2.05, 4.69) is 33.5 Å². The van der Waals surface area contributed by atoms with Crippen LogP contribution in [-0.4, -0.2) is 32.8 Å². The third-order valence-corrected chi connectivity index (χ3v) is 3.81. The van der Waals surface area contributed by atoms with E-state index in [1.165, 1.54) is 0 Å². The molecule has 0 radical (unpaired) electrons. The number of hydrogen-bond acceptors (Lipinski definition) is 4. The fraction of sp³-hybridized carbons (Fsp3) is 0.533. The van der Waals surface area contributed by atoms with E-state index in [1.807, 2.05) is 10.9 Å². The Bertz CT molecular complexity index is 557. The zero-order valence-electron chi connectivity index (χ0n) is 11.9. The summed E-state index contributed by atoms with van der Waals surface area (Å²) in [4.78, 5) is 9.17. The minimum Gasteiger partial charge on any atom is -0.317 e. The van der Waals surface area contributed by atoms with Gasteiger partial charge in [0.1, 0.15) is 0 Å². The van der Waals surface area contributed by atoms with Crippen molar-refractivity contribution in [3.8, 4) is 11.3 Å². The molecule has 5 heteroatoms. The molecule has 1 aliphatic heterocycles. The van der Waals surface area contributed by atoms with Gasteiger partial charge in [-0.25, -0.2) is 0 Å². The molecule has 5 nitrogen and oxygen atoms in total. The molecule has 3 rings (SSSR count). The normalized spacial score (nSPS) is 16.4. The van der Waals surface area contributed by atoms with E-state index in [0.717, 1.165) is 55.8 Å². The van der Waals surface area contributed by atoms with E-state index in [1.54, 1.807) is 12.4 Å². The van der Waals surface area contributed by atoms with Gasteiger partial charge in [-0.15, -0.1) is 0 Å². The fourth-order valence-electron chi connectivity index (χ4n) is 2.80. The van der Waals surface area contributed by atoms with Crippen molar-refractivity contribution in [2.75, 3.05) is 13.1 Å². The average Bonchev–Trinajstić information content (AvgIpc) is 2.97. The first-order valence-electron chi connectivity index (χ1n) is 7.43. The van der Waals surface area contributed by atoms with Gasteiger partial charge in [-0.2, -0.15) is 5.10 Å². The predicted molar refractivity (Wildman–Crippen MR) is 78.4 cm³/mol. The van der Waals surface area contributed by atoms with Gasteiger partial charge in [-0.3, -0.25) is 14.6 Å². The van der Waals surface area contributed by atoms with Gasteiger partial charge in [-0.1, -0.05) is 6.92 Å². The van der Waals surface area contributed by atoms with Crippen LogP contribution in [-0.2, 0) is 6.54 Å². The topological polar surface area (TPSA) is 55.6 Å². The second kappa shape index (κ2) is 6.13. The third kappa shape index (κ3) is 2.72. The first-order chi connectivity index (χ1) is 9.88. The molecule has 0 atom stereocenters. The quantitative estimate of drug-likeness (QED) is 0.926. The van der Waals surface area contributed by atoms with Crippen molar-refractivity contribution >= 4 is 0 Å². The van der Waals surface area contributed by atoms with Crippen molar-refractivity contribution in [3.63, 3.8) is 0 Å². The van der Waals surface area contributed by atoms with Crippen LogP contribution in [0.2, 0.25) is 0 Å². The van der Waals surface area contributed by atoms with Crippen LogP contribution in [0.4, 0.5) is 0 Å². The maximum absolute atomic E-state index is 4.61. The van der Waals surface area contributed by atoms with E-state index in [9.17, 15) is 0 Å². The lowest BCUT2D eigenvalue weighted by Gasteiger charge is -2.23. The van der Waals surface area contributed by atoms with Crippen molar-refractivity contribution in [1.82, 2.24) is 25.1 Å². The number of piperidine rings is 1. The molecule has 0 bridgehead atoms. The summed E-state index contributed by atoms with van der Waals surface area (Å²) in [5.74, 6) is 0.509. The Hall–Kier alpha value is -1.75. The molecule has 2 aromatic rings. The number of aromatic nitrogens is 4. The van der Waals surface area contributed by atoms with Gasteiger partial charge in [-0.05, 0) is 32.4 Å². The van der Waals surface area contributed by atoms with Crippen LogP contribution in [0.15, 0.2) is 24.8 Å². The molecule has 0 saturated carbocycles. The molecule has 0 aliphatic carbocycles. The van der Waals surface area contributed by atoms with Crippen LogP contribution in [0.1, 0.15) is 37.8 Å². The summed E-state index contributed by atoms with van der Waals surface area (Å²) in [5, 5.41) is 7.81. The summed E-state index contributed by atoms with van der Waals surface area (Å²) in [6.07, 6.45) is 10.9. The van der Waals surface area contributed by atoms with Crippen LogP contribution in [0.25, 0.3) is 11.3 Å². The largest absolute Gasteiger partial charge is 0.317 e. The predicted octanol–water partition coefficient (Wildman–Crippen LogP) is 2.22. The van der Waals surface area contributed by atoms with E-state index < -0.39 is 0 Å². The Labute approximate surface area is 119 Å². The highest BCUT2D eigenvalue weighted by Gasteiger charge is 2.21. The smallest absolute Gasteiger partial charge is 0.0951 e. The Morgan fingerprint density at radius 3 is 2.85 bits per heavy atom. The van der Waals surface area contributed by atoms with Crippen molar-refractivity contribution in [3.05, 3.63) is 30.5 Å². The summed E-state index contributed by atoms with van der Waals surface area (Å²) in [6.45, 7) is 5.23. The van der Waals surface area contributed by atoms with Crippen molar-refractivity contribution in [2.45, 2.75) is 38.6 Å². The van der Waals surface area contributed by atoms with Crippen LogP contribution in [0.3, 0.4) is 0 Å². The summed E-state index contributed by atoms with van der Waals surface area (Å²) >= 11 is 0. The van der Waals surface area contributed by atoms with Crippen LogP contribution < -0.4 is 5.32 Å². The molecule has 0 unspecified atom stereocenters. The molecular weight excluding hydrogens is 250 g/mol. The molecule has 1 N–H and O–H groups in total. The second-order valence-corrected chi connectivity index (χ2v) is 5.31. The Balaban J connectivity index is 1.91. The Kier molecular flexibility index (Phi) is 4.06. The minimum absolute atomic E-state index is 0.509. The zero-order valence-corrected chi connectivity index (χ0v) is 11.9. The van der Waals surface area contributed by atoms with Crippen LogP contribution in [0, 0.1) is 0 Å². The fourth-order valence-corrected chi connectivity index (χ4v) is 2.80. The lowest BCUT2D eigenvalue weighted by molar-refractivity contribution is 0.453. The molecule has 2 aromatic heterocycles. The molecule has 3 heterocycles. The molecule has 106 valence electrons. The average molecular weight is 271 g/mol. The zero-order chi connectivity index (χ0) is 13.8. The summed E-state index contributed by atoms with van der Waals surface area (Å²) in [7, 11) is 0. The summed E-state index contributed by atoms with van der Waals surface area (Å²) < 4.78 is 1.98. The summed E-state index contributed by atoms with van der Waals surface area (Å²) in [6, 6.07) is 0. The highest BCUT2D eigenvalue weighted by molar-refractivity contribution is 5.60. The van der Waals surface area contributed by atoms with Gasteiger partial charge in [0.05, 0.1) is 17.6 Å². The summed E-state index contributed by atoms with van der Waals surface area (Å²) in [5.41, 5.74) is 3.21. The first kappa shape index (κ1) is 13.2. The van der Waals surface area contributed by atoms with Gasteiger partial charge >= 0.3 is 0 Å². The Morgan fingerprint density at radius 2 is 2.05 bits per heavy atom. The van der Waals surface area contributed by atoms with Gasteiger partial charge in [0.2, 0.25) is 0 Å². The van der Waals surface area contributed by atoms with E-state index in [-0.39, 0.29) is 0 Å². The van der Waals surface area contributed by atoms with Crippen LogP contribution >= 0.6 is 0 Å². The molecule has 1 saturated heterocycles. The molecule has 0 amide bonds. The lowest BCUT2D eigenvalue weighted by atomic mass is 9.92. The van der Waals surface area contributed by atoms with Crippen molar-refractivity contribution in [2.24, 2.45) is 0 Å². The molecule has 1 fully saturated rings. The van der Waals surface area contributed by atoms with E-state index in [4.69, 9.17) is 0 Å². The number of hydrogen-bond donors (Lipinski definition) is 1. The highest BCUT2D eigenvalue weighted by Crippen LogP contribution is 2.30. The maximum Gasteiger partial charge on any atom is 0.0951 e. The third-order valence-electron chi connectivity index (χ3n) is 3.81. The number of nitrogens with zero attached hydrogens (tertiary/aromatic N) is 4. The van der Waals surface area contributed by atoms with E-state index >= 15 is 0 Å². The second-order valence-electron chi connectivity index (χ2n) is 5.31. The molecule has 0 aromatic carbocycles. The maximum atomic E-state index is 4.61. The van der Waals surface area contributed by atoms with Crippen LogP contribution in [0.5, 0.6) is 0 Å². The molecule has 1 aliphatic rings. The number of nitrogens with one attached hydrogen (secondary N) is 1. The van der Waals surface area contributed by atoms with Gasteiger partial charge in [0.15, 0.2) is 0 Å². The monoisotopic (exact) mass is 271 g/mol. The van der Waals surface area contributed by atoms with Crippen molar-refractivity contribution in [1.29, 1.82) is 0 Å². The molecular formula is C15H21N5.